The Morgan fingerprint density at radius 1 is 1.24 bits per heavy atom. The predicted molar refractivity (Wildman–Crippen MR) is 88.7 cm³/mol. The Balaban J connectivity index is 1.85. The van der Waals surface area contributed by atoms with Crippen LogP contribution in [-0.2, 0) is 6.54 Å². The van der Waals surface area contributed by atoms with Gasteiger partial charge in [-0.3, -0.25) is 0 Å². The first kappa shape index (κ1) is 16.3. The van der Waals surface area contributed by atoms with Gasteiger partial charge in [0.15, 0.2) is 0 Å². The molecule has 1 aromatic carbocycles. The van der Waals surface area contributed by atoms with Crippen molar-refractivity contribution < 1.29 is 4.74 Å². The topological polar surface area (TPSA) is 24.5 Å². The molecule has 1 saturated heterocycles. The van der Waals surface area contributed by atoms with Crippen molar-refractivity contribution in [3.05, 3.63) is 29.8 Å². The summed E-state index contributed by atoms with van der Waals surface area (Å²) in [5, 5.41) is 3.73. The minimum absolute atomic E-state index is 0.232. The third-order valence-electron chi connectivity index (χ3n) is 4.47. The number of benzene rings is 1. The summed E-state index contributed by atoms with van der Waals surface area (Å²) in [6, 6.07) is 9.74. The van der Waals surface area contributed by atoms with Crippen molar-refractivity contribution in [3.8, 4) is 5.75 Å². The van der Waals surface area contributed by atoms with Gasteiger partial charge in [-0.25, -0.2) is 0 Å². The fourth-order valence-electron chi connectivity index (χ4n) is 3.03. The maximum atomic E-state index is 5.68. The van der Waals surface area contributed by atoms with Gasteiger partial charge in [-0.05, 0) is 57.9 Å². The SMILES string of the molecule is CC(C)Oc1ccc(CN[C@@H]2C[C@H](C)N(C)C[C@@H]2C)cc1. The van der Waals surface area contributed by atoms with Crippen LogP contribution in [0.2, 0.25) is 0 Å². The van der Waals surface area contributed by atoms with Crippen LogP contribution in [-0.4, -0.2) is 36.7 Å². The molecule has 0 saturated carbocycles. The third kappa shape index (κ3) is 4.72. The van der Waals surface area contributed by atoms with Crippen molar-refractivity contribution in [2.45, 2.75) is 58.8 Å². The zero-order valence-electron chi connectivity index (χ0n) is 14.1. The van der Waals surface area contributed by atoms with E-state index in [1.54, 1.807) is 0 Å². The van der Waals surface area contributed by atoms with Crippen molar-refractivity contribution in [2.24, 2.45) is 5.92 Å². The number of nitrogens with zero attached hydrogens (tertiary/aromatic N) is 1. The number of nitrogens with one attached hydrogen (secondary N) is 1. The molecule has 21 heavy (non-hydrogen) atoms. The minimum atomic E-state index is 0.232. The lowest BCUT2D eigenvalue weighted by atomic mass is 9.90. The van der Waals surface area contributed by atoms with E-state index in [4.69, 9.17) is 4.74 Å². The van der Waals surface area contributed by atoms with E-state index in [0.29, 0.717) is 18.0 Å². The Morgan fingerprint density at radius 2 is 1.90 bits per heavy atom. The van der Waals surface area contributed by atoms with Gasteiger partial charge in [0.1, 0.15) is 5.75 Å². The summed E-state index contributed by atoms with van der Waals surface area (Å²) in [4.78, 5) is 2.46. The number of ether oxygens (including phenoxy) is 1. The molecule has 1 aliphatic rings. The van der Waals surface area contributed by atoms with Crippen LogP contribution in [0.3, 0.4) is 0 Å². The summed E-state index contributed by atoms with van der Waals surface area (Å²) in [7, 11) is 2.23. The maximum absolute atomic E-state index is 5.68. The van der Waals surface area contributed by atoms with Crippen molar-refractivity contribution in [1.29, 1.82) is 0 Å². The van der Waals surface area contributed by atoms with Gasteiger partial charge in [-0.15, -0.1) is 0 Å². The Kier molecular flexibility index (Phi) is 5.65. The molecule has 3 atom stereocenters. The van der Waals surface area contributed by atoms with Gasteiger partial charge in [0.2, 0.25) is 0 Å². The van der Waals surface area contributed by atoms with Crippen LogP contribution in [0.1, 0.15) is 39.7 Å². The number of piperidine rings is 1. The van der Waals surface area contributed by atoms with Crippen LogP contribution in [0.5, 0.6) is 5.75 Å². The van der Waals surface area contributed by atoms with Gasteiger partial charge in [0.25, 0.3) is 0 Å². The highest BCUT2D eigenvalue weighted by Crippen LogP contribution is 2.21. The average Bonchev–Trinajstić information content (AvgIpc) is 2.42. The molecule has 0 amide bonds. The monoisotopic (exact) mass is 290 g/mol. The molecular weight excluding hydrogens is 260 g/mol. The van der Waals surface area contributed by atoms with E-state index < -0.39 is 0 Å². The first-order valence-corrected chi connectivity index (χ1v) is 8.15. The van der Waals surface area contributed by atoms with E-state index in [-0.39, 0.29) is 6.10 Å². The fourth-order valence-corrected chi connectivity index (χ4v) is 3.03. The fraction of sp³-hybridized carbons (Fsp3) is 0.667. The normalized spacial score (nSPS) is 27.0. The molecule has 3 heteroatoms. The van der Waals surface area contributed by atoms with Gasteiger partial charge < -0.3 is 15.0 Å². The molecule has 1 N–H and O–H groups in total. The number of hydrogen-bond donors (Lipinski definition) is 1. The molecule has 0 spiro atoms. The van der Waals surface area contributed by atoms with E-state index in [1.807, 2.05) is 0 Å². The molecular formula is C18H30N2O. The number of likely N-dealkylation sites (tertiary alicyclic amines) is 1. The Bertz CT molecular complexity index is 429. The van der Waals surface area contributed by atoms with Crippen LogP contribution >= 0.6 is 0 Å². The molecule has 0 aliphatic carbocycles. The highest BCUT2D eigenvalue weighted by Gasteiger charge is 2.28. The van der Waals surface area contributed by atoms with E-state index in [2.05, 4.69) is 69.2 Å². The van der Waals surface area contributed by atoms with Crippen LogP contribution < -0.4 is 10.1 Å². The average molecular weight is 290 g/mol. The molecule has 1 aromatic rings. The van der Waals surface area contributed by atoms with Gasteiger partial charge in [-0.1, -0.05) is 19.1 Å². The lowest BCUT2D eigenvalue weighted by Gasteiger charge is -2.40. The van der Waals surface area contributed by atoms with E-state index >= 15 is 0 Å². The smallest absolute Gasteiger partial charge is 0.119 e. The summed E-state index contributed by atoms with van der Waals surface area (Å²) >= 11 is 0. The second-order valence-corrected chi connectivity index (χ2v) is 6.80. The first-order chi connectivity index (χ1) is 9.95. The predicted octanol–water partition coefficient (Wildman–Crippen LogP) is 3.29. The highest BCUT2D eigenvalue weighted by atomic mass is 16.5. The second kappa shape index (κ2) is 7.28. The Labute approximate surface area is 129 Å². The van der Waals surface area contributed by atoms with E-state index in [1.165, 1.54) is 18.5 Å². The quantitative estimate of drug-likeness (QED) is 0.900. The lowest BCUT2D eigenvalue weighted by molar-refractivity contribution is 0.121. The van der Waals surface area contributed by atoms with E-state index in [9.17, 15) is 0 Å². The molecule has 3 nitrogen and oxygen atoms in total. The number of rotatable bonds is 5. The van der Waals surface area contributed by atoms with Crippen molar-refractivity contribution >= 4 is 0 Å². The van der Waals surface area contributed by atoms with Crippen LogP contribution in [0.4, 0.5) is 0 Å². The molecule has 0 aromatic heterocycles. The minimum Gasteiger partial charge on any atom is -0.491 e. The zero-order valence-corrected chi connectivity index (χ0v) is 14.1. The molecule has 1 heterocycles. The van der Waals surface area contributed by atoms with Crippen LogP contribution in [0.15, 0.2) is 24.3 Å². The molecule has 0 radical (unpaired) electrons. The van der Waals surface area contributed by atoms with Gasteiger partial charge >= 0.3 is 0 Å². The zero-order chi connectivity index (χ0) is 15.4. The molecule has 0 bridgehead atoms. The summed E-state index contributed by atoms with van der Waals surface area (Å²) < 4.78 is 5.68. The number of hydrogen-bond acceptors (Lipinski definition) is 3. The highest BCUT2D eigenvalue weighted by molar-refractivity contribution is 5.27. The first-order valence-electron chi connectivity index (χ1n) is 8.15. The summed E-state index contributed by atoms with van der Waals surface area (Å²) in [6.45, 7) is 10.9. The largest absolute Gasteiger partial charge is 0.491 e. The summed E-state index contributed by atoms with van der Waals surface area (Å²) in [6.07, 6.45) is 1.46. The maximum Gasteiger partial charge on any atom is 0.119 e. The van der Waals surface area contributed by atoms with E-state index in [0.717, 1.165) is 12.3 Å². The van der Waals surface area contributed by atoms with Crippen molar-refractivity contribution in [1.82, 2.24) is 10.2 Å². The van der Waals surface area contributed by atoms with Gasteiger partial charge in [0.05, 0.1) is 6.10 Å². The van der Waals surface area contributed by atoms with Crippen LogP contribution in [0, 0.1) is 5.92 Å². The Hall–Kier alpha value is -1.06. The molecule has 118 valence electrons. The third-order valence-corrected chi connectivity index (χ3v) is 4.47. The van der Waals surface area contributed by atoms with Gasteiger partial charge in [-0.2, -0.15) is 0 Å². The van der Waals surface area contributed by atoms with Crippen LogP contribution in [0.25, 0.3) is 0 Å². The summed E-state index contributed by atoms with van der Waals surface area (Å²) in [5.41, 5.74) is 1.32. The lowest BCUT2D eigenvalue weighted by Crippen LogP contribution is -2.50. The molecule has 1 aliphatic heterocycles. The van der Waals surface area contributed by atoms with Gasteiger partial charge in [0, 0.05) is 25.2 Å². The summed E-state index contributed by atoms with van der Waals surface area (Å²) in [5.74, 6) is 1.66. The standard InChI is InChI=1S/C18H30N2O/c1-13(2)21-17-8-6-16(7-9-17)11-19-18-10-15(4)20(5)12-14(18)3/h6-9,13-15,18-19H,10-12H2,1-5H3/t14-,15-,18+/m0/s1. The molecule has 1 fully saturated rings. The van der Waals surface area contributed by atoms with Crippen molar-refractivity contribution in [2.75, 3.05) is 13.6 Å². The van der Waals surface area contributed by atoms with Crippen molar-refractivity contribution in [3.63, 3.8) is 0 Å². The Morgan fingerprint density at radius 3 is 2.52 bits per heavy atom. The molecule has 0 unspecified atom stereocenters. The molecule has 2 rings (SSSR count). The second-order valence-electron chi connectivity index (χ2n) is 6.80.